The quantitative estimate of drug-likeness (QED) is 0.602. The van der Waals surface area contributed by atoms with Crippen LogP contribution < -0.4 is 20.3 Å². The van der Waals surface area contributed by atoms with Crippen molar-refractivity contribution in [3.05, 3.63) is 94.5 Å². The Morgan fingerprint density at radius 1 is 0.897 bits per heavy atom. The van der Waals surface area contributed by atoms with Gasteiger partial charge in [0.05, 0.1) is 12.7 Å². The van der Waals surface area contributed by atoms with Crippen molar-refractivity contribution in [2.45, 2.75) is 6.61 Å². The van der Waals surface area contributed by atoms with Crippen LogP contribution in [0.5, 0.6) is 11.5 Å². The highest BCUT2D eigenvalue weighted by atomic mass is 35.5. The summed E-state index contributed by atoms with van der Waals surface area (Å²) in [5.41, 5.74) is 6.41. The molecule has 0 atom stereocenters. The Hall–Kier alpha value is -3.51. The van der Waals surface area contributed by atoms with Crippen LogP contribution in [0.1, 0.15) is 26.3 Å². The number of amides is 2. The van der Waals surface area contributed by atoms with Crippen LogP contribution in [0.2, 0.25) is 5.02 Å². The second-order valence-electron chi connectivity index (χ2n) is 6.05. The van der Waals surface area contributed by atoms with Gasteiger partial charge >= 0.3 is 0 Å². The summed E-state index contributed by atoms with van der Waals surface area (Å²) in [7, 11) is 1.43. The molecular weight excluding hydrogens is 392 g/mol. The highest BCUT2D eigenvalue weighted by Crippen LogP contribution is 2.22. The molecule has 0 radical (unpaired) electrons. The molecular formula is C22H19ClN2O4. The monoisotopic (exact) mass is 410 g/mol. The number of hydrogen-bond donors (Lipinski definition) is 2. The van der Waals surface area contributed by atoms with E-state index in [1.807, 2.05) is 30.3 Å². The number of hydrogen-bond acceptors (Lipinski definition) is 4. The lowest BCUT2D eigenvalue weighted by Gasteiger charge is -2.11. The predicted molar refractivity (Wildman–Crippen MR) is 110 cm³/mol. The zero-order valence-corrected chi connectivity index (χ0v) is 16.4. The molecule has 0 aliphatic carbocycles. The Morgan fingerprint density at radius 2 is 1.59 bits per heavy atom. The third-order valence-corrected chi connectivity index (χ3v) is 4.30. The van der Waals surface area contributed by atoms with Gasteiger partial charge in [-0.1, -0.05) is 41.9 Å². The summed E-state index contributed by atoms with van der Waals surface area (Å²) in [6, 6.07) is 21.0. The SMILES string of the molecule is COc1cc(Cl)ccc1C(=O)NNC(=O)c1ccc(OCc2ccccc2)cc1. The van der Waals surface area contributed by atoms with Crippen LogP contribution >= 0.6 is 11.6 Å². The molecule has 0 aromatic heterocycles. The maximum Gasteiger partial charge on any atom is 0.273 e. The Kier molecular flexibility index (Phi) is 6.71. The molecule has 0 unspecified atom stereocenters. The third kappa shape index (κ3) is 5.49. The summed E-state index contributed by atoms with van der Waals surface area (Å²) < 4.78 is 10.8. The first-order valence-corrected chi connectivity index (χ1v) is 9.15. The first-order chi connectivity index (χ1) is 14.1. The van der Waals surface area contributed by atoms with Crippen molar-refractivity contribution in [1.29, 1.82) is 0 Å². The van der Waals surface area contributed by atoms with E-state index in [0.717, 1.165) is 5.56 Å². The van der Waals surface area contributed by atoms with Crippen molar-refractivity contribution in [3.8, 4) is 11.5 Å². The van der Waals surface area contributed by atoms with Crippen LogP contribution in [-0.4, -0.2) is 18.9 Å². The second kappa shape index (κ2) is 9.61. The molecule has 3 rings (SSSR count). The first-order valence-electron chi connectivity index (χ1n) is 8.78. The first kappa shape index (κ1) is 20.2. The summed E-state index contributed by atoms with van der Waals surface area (Å²) in [6.07, 6.45) is 0. The minimum Gasteiger partial charge on any atom is -0.496 e. The highest BCUT2D eigenvalue weighted by Gasteiger charge is 2.14. The summed E-state index contributed by atoms with van der Waals surface area (Å²) in [6.45, 7) is 0.436. The molecule has 148 valence electrons. The van der Waals surface area contributed by atoms with Crippen LogP contribution in [-0.2, 0) is 6.61 Å². The molecule has 2 amide bonds. The molecule has 0 heterocycles. The van der Waals surface area contributed by atoms with Crippen molar-refractivity contribution < 1.29 is 19.1 Å². The fourth-order valence-electron chi connectivity index (χ4n) is 2.55. The molecule has 3 aromatic rings. The fourth-order valence-corrected chi connectivity index (χ4v) is 2.71. The van der Waals surface area contributed by atoms with E-state index in [1.54, 1.807) is 30.3 Å². The smallest absolute Gasteiger partial charge is 0.273 e. The summed E-state index contributed by atoms with van der Waals surface area (Å²) in [5, 5.41) is 0.442. The number of carbonyl (C=O) groups is 2. The van der Waals surface area contributed by atoms with Gasteiger partial charge in [0.25, 0.3) is 11.8 Å². The van der Waals surface area contributed by atoms with Crippen molar-refractivity contribution in [2.24, 2.45) is 0 Å². The van der Waals surface area contributed by atoms with E-state index >= 15 is 0 Å². The average molecular weight is 411 g/mol. The van der Waals surface area contributed by atoms with Gasteiger partial charge in [-0.2, -0.15) is 0 Å². The Bertz CT molecular complexity index is 991. The van der Waals surface area contributed by atoms with Gasteiger partial charge in [-0.15, -0.1) is 0 Å². The lowest BCUT2D eigenvalue weighted by atomic mass is 10.2. The normalized spacial score (nSPS) is 10.1. The number of nitrogens with one attached hydrogen (secondary N) is 2. The van der Waals surface area contributed by atoms with Crippen LogP contribution in [0.4, 0.5) is 0 Å². The van der Waals surface area contributed by atoms with Crippen LogP contribution in [0.3, 0.4) is 0 Å². The number of hydrazine groups is 1. The Balaban J connectivity index is 1.55. The molecule has 7 heteroatoms. The lowest BCUT2D eigenvalue weighted by Crippen LogP contribution is -2.41. The van der Waals surface area contributed by atoms with Gasteiger partial charge < -0.3 is 9.47 Å². The van der Waals surface area contributed by atoms with Crippen molar-refractivity contribution in [2.75, 3.05) is 7.11 Å². The fraction of sp³-hybridized carbons (Fsp3) is 0.0909. The second-order valence-corrected chi connectivity index (χ2v) is 6.49. The van der Waals surface area contributed by atoms with Gasteiger partial charge in [-0.3, -0.25) is 20.4 Å². The van der Waals surface area contributed by atoms with E-state index < -0.39 is 11.8 Å². The molecule has 0 aliphatic rings. The number of benzene rings is 3. The van der Waals surface area contributed by atoms with Crippen molar-refractivity contribution >= 4 is 23.4 Å². The molecule has 0 bridgehead atoms. The van der Waals surface area contributed by atoms with E-state index in [-0.39, 0.29) is 5.56 Å². The van der Waals surface area contributed by atoms with Gasteiger partial charge in [0.2, 0.25) is 0 Å². The zero-order chi connectivity index (χ0) is 20.6. The van der Waals surface area contributed by atoms with E-state index in [2.05, 4.69) is 10.9 Å². The summed E-state index contributed by atoms with van der Waals surface area (Å²) >= 11 is 5.89. The van der Waals surface area contributed by atoms with Gasteiger partial charge in [-0.25, -0.2) is 0 Å². The van der Waals surface area contributed by atoms with Gasteiger partial charge in [-0.05, 0) is 48.0 Å². The molecule has 0 aliphatic heterocycles. The van der Waals surface area contributed by atoms with E-state index in [0.29, 0.717) is 28.7 Å². The zero-order valence-electron chi connectivity index (χ0n) is 15.6. The third-order valence-electron chi connectivity index (χ3n) is 4.06. The van der Waals surface area contributed by atoms with Crippen LogP contribution in [0, 0.1) is 0 Å². The molecule has 0 spiro atoms. The Morgan fingerprint density at radius 3 is 2.28 bits per heavy atom. The van der Waals surface area contributed by atoms with Crippen LogP contribution in [0.25, 0.3) is 0 Å². The van der Waals surface area contributed by atoms with E-state index in [1.165, 1.54) is 19.2 Å². The minimum absolute atomic E-state index is 0.252. The number of ether oxygens (including phenoxy) is 2. The predicted octanol–water partition coefficient (Wildman–Crippen LogP) is 4.00. The highest BCUT2D eigenvalue weighted by molar-refractivity contribution is 6.30. The van der Waals surface area contributed by atoms with E-state index in [4.69, 9.17) is 21.1 Å². The van der Waals surface area contributed by atoms with Gasteiger partial charge in [0, 0.05) is 10.6 Å². The number of carbonyl (C=O) groups excluding carboxylic acids is 2. The Labute approximate surface area is 173 Å². The van der Waals surface area contributed by atoms with Gasteiger partial charge in [0.15, 0.2) is 0 Å². The standard InChI is InChI=1S/C22H19ClN2O4/c1-28-20-13-17(23)9-12-19(20)22(27)25-24-21(26)16-7-10-18(11-8-16)29-14-15-5-3-2-4-6-15/h2-13H,14H2,1H3,(H,24,26)(H,25,27). The molecule has 3 aromatic carbocycles. The minimum atomic E-state index is -0.519. The average Bonchev–Trinajstić information content (AvgIpc) is 2.76. The number of rotatable bonds is 6. The van der Waals surface area contributed by atoms with Gasteiger partial charge in [0.1, 0.15) is 18.1 Å². The summed E-state index contributed by atoms with van der Waals surface area (Å²) in [5.74, 6) is -0.0277. The van der Waals surface area contributed by atoms with Crippen LogP contribution in [0.15, 0.2) is 72.8 Å². The molecule has 0 saturated carbocycles. The summed E-state index contributed by atoms with van der Waals surface area (Å²) in [4.78, 5) is 24.5. The lowest BCUT2D eigenvalue weighted by molar-refractivity contribution is 0.0845. The molecule has 0 saturated heterocycles. The molecule has 0 fully saturated rings. The molecule has 2 N–H and O–H groups in total. The maximum atomic E-state index is 12.3. The van der Waals surface area contributed by atoms with Crippen molar-refractivity contribution in [1.82, 2.24) is 10.9 Å². The number of methoxy groups -OCH3 is 1. The van der Waals surface area contributed by atoms with E-state index in [9.17, 15) is 9.59 Å². The topological polar surface area (TPSA) is 76.7 Å². The maximum absolute atomic E-state index is 12.3. The largest absolute Gasteiger partial charge is 0.496 e. The molecule has 6 nitrogen and oxygen atoms in total. The van der Waals surface area contributed by atoms with Crippen molar-refractivity contribution in [3.63, 3.8) is 0 Å². The molecule has 29 heavy (non-hydrogen) atoms. The number of halogens is 1.